The monoisotopic (exact) mass is 646 g/mol. The SMILES string of the molecule is c1ccc(N(c2ccccc2)c2ccc(-c3c4n[nH]nc4c(-c4ccc(N(c5ccccc5)c5ccccc5)cc4)c4[nH]nnc34)cc2)cc1. The zero-order chi connectivity index (χ0) is 33.3. The van der Waals surface area contributed by atoms with E-state index in [-0.39, 0.29) is 0 Å². The van der Waals surface area contributed by atoms with Crippen LogP contribution in [-0.4, -0.2) is 30.8 Å². The van der Waals surface area contributed by atoms with E-state index in [0.717, 1.165) is 78.4 Å². The number of anilines is 6. The summed E-state index contributed by atoms with van der Waals surface area (Å²) in [6, 6.07) is 58.5. The predicted octanol–water partition coefficient (Wildman–Crippen LogP) is 10.5. The molecule has 238 valence electrons. The Kier molecular flexibility index (Phi) is 7.29. The first-order chi connectivity index (χ1) is 24.8. The number of nitrogens with one attached hydrogen (secondary N) is 2. The molecule has 0 bridgehead atoms. The lowest BCUT2D eigenvalue weighted by molar-refractivity contribution is 0.954. The number of para-hydroxylation sites is 4. The maximum atomic E-state index is 4.66. The first kappa shape index (κ1) is 29.1. The van der Waals surface area contributed by atoms with Crippen molar-refractivity contribution in [2.75, 3.05) is 9.80 Å². The van der Waals surface area contributed by atoms with Crippen LogP contribution in [0.3, 0.4) is 0 Å². The Morgan fingerprint density at radius 1 is 0.360 bits per heavy atom. The number of rotatable bonds is 8. The van der Waals surface area contributed by atoms with E-state index in [0.29, 0.717) is 0 Å². The van der Waals surface area contributed by atoms with Gasteiger partial charge in [0.1, 0.15) is 16.6 Å². The van der Waals surface area contributed by atoms with E-state index in [1.54, 1.807) is 0 Å². The highest BCUT2D eigenvalue weighted by Crippen LogP contribution is 2.43. The largest absolute Gasteiger partial charge is 0.311 e. The number of nitrogens with zero attached hydrogens (tertiary/aromatic N) is 6. The lowest BCUT2D eigenvalue weighted by Crippen LogP contribution is -2.09. The molecular weight excluding hydrogens is 617 g/mol. The van der Waals surface area contributed by atoms with E-state index in [4.69, 9.17) is 0 Å². The number of aromatic nitrogens is 6. The fourth-order valence-corrected chi connectivity index (χ4v) is 6.70. The maximum absolute atomic E-state index is 4.66. The molecule has 0 aliphatic heterocycles. The van der Waals surface area contributed by atoms with E-state index in [2.05, 4.69) is 186 Å². The van der Waals surface area contributed by atoms with Crippen molar-refractivity contribution in [2.45, 2.75) is 0 Å². The van der Waals surface area contributed by atoms with Gasteiger partial charge in [-0.2, -0.15) is 15.4 Å². The molecule has 2 heterocycles. The Balaban J connectivity index is 1.12. The van der Waals surface area contributed by atoms with Crippen molar-refractivity contribution in [1.82, 2.24) is 30.8 Å². The number of benzene rings is 7. The second kappa shape index (κ2) is 12.5. The van der Waals surface area contributed by atoms with Gasteiger partial charge in [-0.05, 0) is 83.9 Å². The summed E-state index contributed by atoms with van der Waals surface area (Å²) in [6.07, 6.45) is 0. The fraction of sp³-hybridized carbons (Fsp3) is 0. The third-order valence-electron chi connectivity index (χ3n) is 8.94. The summed E-state index contributed by atoms with van der Waals surface area (Å²) in [5.41, 5.74) is 13.1. The Hall–Kier alpha value is -7.06. The van der Waals surface area contributed by atoms with Crippen molar-refractivity contribution in [1.29, 1.82) is 0 Å². The highest BCUT2D eigenvalue weighted by Gasteiger charge is 2.23. The van der Waals surface area contributed by atoms with Gasteiger partial charge in [0.25, 0.3) is 0 Å². The summed E-state index contributed by atoms with van der Waals surface area (Å²) in [4.78, 5) is 4.48. The summed E-state index contributed by atoms with van der Waals surface area (Å²) >= 11 is 0. The first-order valence-corrected chi connectivity index (χ1v) is 16.4. The third-order valence-corrected chi connectivity index (χ3v) is 8.94. The van der Waals surface area contributed by atoms with Crippen molar-refractivity contribution in [2.24, 2.45) is 0 Å². The molecule has 2 aromatic heterocycles. The molecular formula is C42H30N8. The Morgan fingerprint density at radius 2 is 0.720 bits per heavy atom. The van der Waals surface area contributed by atoms with E-state index < -0.39 is 0 Å². The second-order valence-corrected chi connectivity index (χ2v) is 11.9. The predicted molar refractivity (Wildman–Crippen MR) is 202 cm³/mol. The molecule has 9 rings (SSSR count). The molecule has 0 atom stereocenters. The van der Waals surface area contributed by atoms with Gasteiger partial charge >= 0.3 is 0 Å². The number of hydrogen-bond donors (Lipinski definition) is 2. The molecule has 0 amide bonds. The Bertz CT molecular complexity index is 2210. The minimum Gasteiger partial charge on any atom is -0.311 e. The summed E-state index contributed by atoms with van der Waals surface area (Å²) in [7, 11) is 0. The van der Waals surface area contributed by atoms with Crippen molar-refractivity contribution in [3.05, 3.63) is 170 Å². The number of aromatic amines is 2. The molecule has 9 aromatic rings. The van der Waals surface area contributed by atoms with Gasteiger partial charge in [-0.1, -0.05) is 102 Å². The van der Waals surface area contributed by atoms with Crippen LogP contribution in [0.2, 0.25) is 0 Å². The van der Waals surface area contributed by atoms with Crippen molar-refractivity contribution < 1.29 is 0 Å². The van der Waals surface area contributed by atoms with Gasteiger partial charge in [-0.15, -0.1) is 5.10 Å². The van der Waals surface area contributed by atoms with Crippen LogP contribution in [0.25, 0.3) is 44.3 Å². The smallest absolute Gasteiger partial charge is 0.123 e. The minimum absolute atomic E-state index is 0.733. The summed E-state index contributed by atoms with van der Waals surface area (Å²) in [5.74, 6) is 0. The normalized spacial score (nSPS) is 11.2. The summed E-state index contributed by atoms with van der Waals surface area (Å²) in [5, 5.41) is 24.2. The molecule has 0 aliphatic carbocycles. The summed E-state index contributed by atoms with van der Waals surface area (Å²) in [6.45, 7) is 0. The number of H-pyrrole nitrogens is 2. The molecule has 7 aromatic carbocycles. The van der Waals surface area contributed by atoms with Gasteiger partial charge in [0, 0.05) is 45.3 Å². The van der Waals surface area contributed by atoms with Gasteiger partial charge in [-0.25, -0.2) is 0 Å². The van der Waals surface area contributed by atoms with Crippen LogP contribution in [0, 0.1) is 0 Å². The second-order valence-electron chi connectivity index (χ2n) is 11.9. The number of fused-ring (bicyclic) bond motifs is 2. The van der Waals surface area contributed by atoms with E-state index in [1.807, 2.05) is 24.3 Å². The summed E-state index contributed by atoms with van der Waals surface area (Å²) < 4.78 is 0. The molecule has 8 heteroatoms. The van der Waals surface area contributed by atoms with E-state index in [9.17, 15) is 0 Å². The maximum Gasteiger partial charge on any atom is 0.123 e. The molecule has 2 N–H and O–H groups in total. The molecule has 0 saturated heterocycles. The van der Waals surface area contributed by atoms with E-state index in [1.165, 1.54) is 0 Å². The van der Waals surface area contributed by atoms with Gasteiger partial charge in [0.05, 0.1) is 5.52 Å². The average Bonchev–Trinajstić information content (AvgIpc) is 3.87. The van der Waals surface area contributed by atoms with Gasteiger partial charge in [0.15, 0.2) is 0 Å². The van der Waals surface area contributed by atoms with Crippen LogP contribution in [-0.2, 0) is 0 Å². The third kappa shape index (κ3) is 5.12. The Morgan fingerprint density at radius 3 is 1.14 bits per heavy atom. The zero-order valence-corrected chi connectivity index (χ0v) is 26.8. The highest BCUT2D eigenvalue weighted by atomic mass is 15.3. The molecule has 0 aliphatic rings. The highest BCUT2D eigenvalue weighted by molar-refractivity contribution is 6.16. The van der Waals surface area contributed by atoms with Gasteiger partial charge in [-0.3, -0.25) is 5.10 Å². The minimum atomic E-state index is 0.733. The van der Waals surface area contributed by atoms with Crippen LogP contribution in [0.1, 0.15) is 0 Å². The molecule has 50 heavy (non-hydrogen) atoms. The molecule has 0 radical (unpaired) electrons. The van der Waals surface area contributed by atoms with Gasteiger partial charge in [0.2, 0.25) is 0 Å². The van der Waals surface area contributed by atoms with Crippen molar-refractivity contribution >= 4 is 56.2 Å². The molecule has 0 spiro atoms. The zero-order valence-electron chi connectivity index (χ0n) is 26.8. The lowest BCUT2D eigenvalue weighted by Gasteiger charge is -2.25. The van der Waals surface area contributed by atoms with Crippen LogP contribution in [0.5, 0.6) is 0 Å². The topological polar surface area (TPSA) is 89.6 Å². The van der Waals surface area contributed by atoms with Crippen LogP contribution in [0.4, 0.5) is 34.1 Å². The van der Waals surface area contributed by atoms with Crippen LogP contribution >= 0.6 is 0 Å². The molecule has 8 nitrogen and oxygen atoms in total. The number of hydrogen-bond acceptors (Lipinski definition) is 6. The van der Waals surface area contributed by atoms with Crippen molar-refractivity contribution in [3.8, 4) is 22.3 Å². The molecule has 0 saturated carbocycles. The first-order valence-electron chi connectivity index (χ1n) is 16.4. The van der Waals surface area contributed by atoms with Crippen LogP contribution in [0.15, 0.2) is 170 Å². The van der Waals surface area contributed by atoms with E-state index >= 15 is 0 Å². The fourth-order valence-electron chi connectivity index (χ4n) is 6.70. The van der Waals surface area contributed by atoms with Gasteiger partial charge < -0.3 is 9.80 Å². The Labute approximate surface area is 288 Å². The van der Waals surface area contributed by atoms with Crippen LogP contribution < -0.4 is 9.80 Å². The van der Waals surface area contributed by atoms with Crippen molar-refractivity contribution in [3.63, 3.8) is 0 Å². The molecule has 0 fully saturated rings. The molecule has 0 unspecified atom stereocenters. The standard InChI is InChI=1S/C42H30N8/c1-5-13-31(14-6-1)49(32-15-7-2-8-16-32)35-25-21-29(22-26-35)37-39-41(45-47-43-39)38(42-40(37)44-48-46-42)30-23-27-36(28-24-30)50(33-17-9-3-10-18-33)34-19-11-4-12-20-34/h1-28H,(H,43,45,47)(H,44,46,48). The average molecular weight is 647 g/mol. The lowest BCUT2D eigenvalue weighted by atomic mass is 9.95. The quantitative estimate of drug-likeness (QED) is 0.171.